The van der Waals surface area contributed by atoms with Gasteiger partial charge in [0, 0.05) is 18.2 Å². The smallest absolute Gasteiger partial charge is 0.270 e. The van der Waals surface area contributed by atoms with Gasteiger partial charge in [0.25, 0.3) is 5.69 Å². The van der Waals surface area contributed by atoms with Crippen molar-refractivity contribution in [3.05, 3.63) is 64.2 Å². The van der Waals surface area contributed by atoms with Gasteiger partial charge in [-0.2, -0.15) is 0 Å². The lowest BCUT2D eigenvalue weighted by Crippen LogP contribution is -2.32. The SMILES string of the molecule is CCOc1ccc2nc(NC(=S)NC(=O)/C=C/c3cccc([N+](=O)[O-])c3)sc2c1. The van der Waals surface area contributed by atoms with Gasteiger partial charge in [0.2, 0.25) is 5.91 Å². The van der Waals surface area contributed by atoms with Gasteiger partial charge in [0.15, 0.2) is 10.2 Å². The molecule has 0 fully saturated rings. The number of thiazole rings is 1. The van der Waals surface area contributed by atoms with Crippen LogP contribution in [0.25, 0.3) is 16.3 Å². The topological polar surface area (TPSA) is 106 Å². The van der Waals surface area contributed by atoms with E-state index in [0.29, 0.717) is 17.3 Å². The Labute approximate surface area is 175 Å². The summed E-state index contributed by atoms with van der Waals surface area (Å²) in [6.07, 6.45) is 2.72. The van der Waals surface area contributed by atoms with Crippen molar-refractivity contribution < 1.29 is 14.5 Å². The van der Waals surface area contributed by atoms with Crippen LogP contribution in [-0.4, -0.2) is 27.5 Å². The van der Waals surface area contributed by atoms with E-state index in [2.05, 4.69) is 15.6 Å². The van der Waals surface area contributed by atoms with Crippen molar-refractivity contribution in [2.45, 2.75) is 6.92 Å². The van der Waals surface area contributed by atoms with Crippen LogP contribution in [0.4, 0.5) is 10.8 Å². The molecule has 1 aromatic heterocycles. The molecule has 0 saturated carbocycles. The lowest BCUT2D eigenvalue weighted by Gasteiger charge is -2.04. The molecule has 0 bridgehead atoms. The van der Waals surface area contributed by atoms with Crippen molar-refractivity contribution in [2.24, 2.45) is 0 Å². The van der Waals surface area contributed by atoms with E-state index in [-0.39, 0.29) is 10.8 Å². The van der Waals surface area contributed by atoms with Crippen molar-refractivity contribution in [3.8, 4) is 5.75 Å². The van der Waals surface area contributed by atoms with Gasteiger partial charge in [-0.3, -0.25) is 20.2 Å². The van der Waals surface area contributed by atoms with Crippen LogP contribution in [-0.2, 0) is 4.79 Å². The van der Waals surface area contributed by atoms with E-state index in [1.54, 1.807) is 12.1 Å². The van der Waals surface area contributed by atoms with Crippen molar-refractivity contribution >= 4 is 61.7 Å². The van der Waals surface area contributed by atoms with E-state index in [9.17, 15) is 14.9 Å². The summed E-state index contributed by atoms with van der Waals surface area (Å²) in [7, 11) is 0. The number of benzene rings is 2. The molecule has 10 heteroatoms. The second-order valence-corrected chi connectivity index (χ2v) is 7.15. The molecule has 0 aliphatic heterocycles. The first-order chi connectivity index (χ1) is 13.9. The number of nitrogens with one attached hydrogen (secondary N) is 2. The third-order valence-electron chi connectivity index (χ3n) is 3.64. The van der Waals surface area contributed by atoms with Gasteiger partial charge in [-0.25, -0.2) is 4.98 Å². The number of anilines is 1. The van der Waals surface area contributed by atoms with Crippen LogP contribution in [0.1, 0.15) is 12.5 Å². The molecule has 0 radical (unpaired) electrons. The number of carbonyl (C=O) groups excluding carboxylic acids is 1. The summed E-state index contributed by atoms with van der Waals surface area (Å²) in [5.74, 6) is 0.297. The number of aromatic nitrogens is 1. The third-order valence-corrected chi connectivity index (χ3v) is 4.77. The Morgan fingerprint density at radius 2 is 2.17 bits per heavy atom. The maximum atomic E-state index is 12.0. The first-order valence-electron chi connectivity index (χ1n) is 8.52. The molecule has 0 aliphatic carbocycles. The minimum absolute atomic E-state index is 0.0481. The number of nitro groups is 1. The number of nitrogens with zero attached hydrogens (tertiary/aromatic N) is 2. The Hall–Kier alpha value is -3.37. The molecular formula is C19H16N4O4S2. The minimum atomic E-state index is -0.494. The van der Waals surface area contributed by atoms with Gasteiger partial charge in [-0.1, -0.05) is 23.5 Å². The second kappa shape index (κ2) is 9.22. The fraction of sp³-hybridized carbons (Fsp3) is 0.105. The summed E-state index contributed by atoms with van der Waals surface area (Å²) in [5, 5.41) is 16.8. The number of non-ortho nitro benzene ring substituents is 1. The average Bonchev–Trinajstić information content (AvgIpc) is 3.08. The molecule has 0 spiro atoms. The average molecular weight is 428 g/mol. The lowest BCUT2D eigenvalue weighted by molar-refractivity contribution is -0.384. The number of nitro benzene ring substituents is 1. The molecule has 3 aromatic rings. The summed E-state index contributed by atoms with van der Waals surface area (Å²) in [6, 6.07) is 11.5. The van der Waals surface area contributed by atoms with Gasteiger partial charge in [0.05, 0.1) is 21.7 Å². The molecule has 29 heavy (non-hydrogen) atoms. The van der Waals surface area contributed by atoms with Gasteiger partial charge in [-0.05, 0) is 49.0 Å². The molecule has 0 aliphatic rings. The first-order valence-corrected chi connectivity index (χ1v) is 9.75. The number of ether oxygens (including phenoxy) is 1. The molecule has 3 rings (SSSR count). The number of hydrogen-bond acceptors (Lipinski definition) is 7. The summed E-state index contributed by atoms with van der Waals surface area (Å²) >= 11 is 6.53. The number of carbonyl (C=O) groups is 1. The largest absolute Gasteiger partial charge is 0.494 e. The van der Waals surface area contributed by atoms with Crippen LogP contribution in [0.15, 0.2) is 48.5 Å². The molecule has 2 aromatic carbocycles. The Kier molecular flexibility index (Phi) is 6.47. The Balaban J connectivity index is 1.60. The van der Waals surface area contributed by atoms with Crippen molar-refractivity contribution in [1.82, 2.24) is 10.3 Å². The molecule has 148 valence electrons. The highest BCUT2D eigenvalue weighted by atomic mass is 32.1. The van der Waals surface area contributed by atoms with E-state index in [0.717, 1.165) is 16.0 Å². The highest BCUT2D eigenvalue weighted by Crippen LogP contribution is 2.29. The monoisotopic (exact) mass is 428 g/mol. The zero-order valence-corrected chi connectivity index (χ0v) is 16.9. The summed E-state index contributed by atoms with van der Waals surface area (Å²) in [4.78, 5) is 26.7. The summed E-state index contributed by atoms with van der Waals surface area (Å²) in [6.45, 7) is 2.49. The minimum Gasteiger partial charge on any atom is -0.494 e. The third kappa shape index (κ3) is 5.56. The maximum absolute atomic E-state index is 12.0. The molecule has 0 atom stereocenters. The van der Waals surface area contributed by atoms with Crippen LogP contribution in [0.3, 0.4) is 0 Å². The van der Waals surface area contributed by atoms with Gasteiger partial charge in [0.1, 0.15) is 5.75 Å². The number of amides is 1. The van der Waals surface area contributed by atoms with Crippen LogP contribution < -0.4 is 15.4 Å². The number of fused-ring (bicyclic) bond motifs is 1. The molecule has 0 unspecified atom stereocenters. The summed E-state index contributed by atoms with van der Waals surface area (Å²) in [5.41, 5.74) is 1.28. The zero-order valence-electron chi connectivity index (χ0n) is 15.2. The molecule has 2 N–H and O–H groups in total. The first kappa shape index (κ1) is 20.4. The molecule has 8 nitrogen and oxygen atoms in total. The molecule has 0 saturated heterocycles. The quantitative estimate of drug-likeness (QED) is 0.263. The predicted octanol–water partition coefficient (Wildman–Crippen LogP) is 4.13. The number of hydrogen-bond donors (Lipinski definition) is 2. The fourth-order valence-electron chi connectivity index (χ4n) is 2.41. The second-order valence-electron chi connectivity index (χ2n) is 5.71. The Morgan fingerprint density at radius 1 is 1.34 bits per heavy atom. The van der Waals surface area contributed by atoms with E-state index in [1.807, 2.05) is 25.1 Å². The van der Waals surface area contributed by atoms with Crippen LogP contribution in [0.5, 0.6) is 5.75 Å². The zero-order chi connectivity index (χ0) is 20.8. The highest BCUT2D eigenvalue weighted by Gasteiger charge is 2.08. The fourth-order valence-corrected chi connectivity index (χ4v) is 3.57. The Morgan fingerprint density at radius 3 is 2.93 bits per heavy atom. The van der Waals surface area contributed by atoms with Crippen molar-refractivity contribution in [3.63, 3.8) is 0 Å². The van der Waals surface area contributed by atoms with E-state index < -0.39 is 10.8 Å². The van der Waals surface area contributed by atoms with Crippen molar-refractivity contribution in [2.75, 3.05) is 11.9 Å². The maximum Gasteiger partial charge on any atom is 0.270 e. The summed E-state index contributed by atoms with van der Waals surface area (Å²) < 4.78 is 6.40. The normalized spacial score (nSPS) is 10.8. The number of thiocarbonyl (C=S) groups is 1. The van der Waals surface area contributed by atoms with Gasteiger partial charge < -0.3 is 10.1 Å². The lowest BCUT2D eigenvalue weighted by atomic mass is 10.2. The van der Waals surface area contributed by atoms with Crippen LogP contribution in [0.2, 0.25) is 0 Å². The molecule has 1 heterocycles. The van der Waals surface area contributed by atoms with Gasteiger partial charge >= 0.3 is 0 Å². The van der Waals surface area contributed by atoms with E-state index >= 15 is 0 Å². The molecular weight excluding hydrogens is 412 g/mol. The molecule has 1 amide bonds. The number of rotatable bonds is 6. The predicted molar refractivity (Wildman–Crippen MR) is 117 cm³/mol. The van der Waals surface area contributed by atoms with Crippen molar-refractivity contribution in [1.29, 1.82) is 0 Å². The van der Waals surface area contributed by atoms with Crippen LogP contribution in [0, 0.1) is 10.1 Å². The van der Waals surface area contributed by atoms with Gasteiger partial charge in [-0.15, -0.1) is 0 Å². The van der Waals surface area contributed by atoms with Crippen LogP contribution >= 0.6 is 23.6 Å². The Bertz CT molecular complexity index is 1110. The highest BCUT2D eigenvalue weighted by molar-refractivity contribution is 7.80. The van der Waals surface area contributed by atoms with E-state index in [4.69, 9.17) is 17.0 Å². The standard InChI is InChI=1S/C19H16N4O4S2/c1-2-27-14-7-8-15-16(11-14)29-19(20-15)22-18(28)21-17(24)9-6-12-4-3-5-13(10-12)23(25)26/h3-11H,2H2,1H3,(H2,20,21,22,24,28)/b9-6+. The van der Waals surface area contributed by atoms with E-state index in [1.165, 1.54) is 35.6 Å².